The third-order valence-corrected chi connectivity index (χ3v) is 5.17. The van der Waals surface area contributed by atoms with Gasteiger partial charge in [0.2, 0.25) is 0 Å². The number of hydrogen-bond donors (Lipinski definition) is 1. The van der Waals surface area contributed by atoms with E-state index < -0.39 is 0 Å². The van der Waals surface area contributed by atoms with Gasteiger partial charge in [0.25, 0.3) is 0 Å². The summed E-state index contributed by atoms with van der Waals surface area (Å²) in [7, 11) is 0. The summed E-state index contributed by atoms with van der Waals surface area (Å²) in [5.74, 6) is 2.59. The van der Waals surface area contributed by atoms with E-state index in [4.69, 9.17) is 14.2 Å². The Bertz CT molecular complexity index is 1080. The van der Waals surface area contributed by atoms with Gasteiger partial charge in [-0.25, -0.2) is 0 Å². The van der Waals surface area contributed by atoms with Crippen LogP contribution in [0.15, 0.2) is 109 Å². The van der Waals surface area contributed by atoms with E-state index in [1.807, 2.05) is 78.9 Å². The predicted molar refractivity (Wildman–Crippen MR) is 133 cm³/mol. The Morgan fingerprint density at radius 2 is 1.12 bits per heavy atom. The maximum Gasteiger partial charge on any atom is 0.124 e. The standard InChI is InChI=1S/C29H29NO3/c1-3-9-24(10-4-1)19-20-33-29-14-8-7-11-25(29)23-30-26-15-17-28(18-16-26)32-22-21-31-27-12-5-2-6-13-27/h1-18,30H,19-23H2. The Morgan fingerprint density at radius 1 is 0.515 bits per heavy atom. The van der Waals surface area contributed by atoms with Crippen molar-refractivity contribution in [2.45, 2.75) is 13.0 Å². The molecule has 0 aliphatic rings. The highest BCUT2D eigenvalue weighted by atomic mass is 16.5. The molecule has 33 heavy (non-hydrogen) atoms. The van der Waals surface area contributed by atoms with Crippen molar-refractivity contribution in [2.75, 3.05) is 25.1 Å². The van der Waals surface area contributed by atoms with E-state index in [9.17, 15) is 0 Å². The minimum absolute atomic E-state index is 0.495. The van der Waals surface area contributed by atoms with E-state index in [1.165, 1.54) is 5.56 Å². The maximum absolute atomic E-state index is 6.06. The van der Waals surface area contributed by atoms with Crippen molar-refractivity contribution < 1.29 is 14.2 Å². The fraction of sp³-hybridized carbons (Fsp3) is 0.172. The Kier molecular flexibility index (Phi) is 8.24. The van der Waals surface area contributed by atoms with E-state index in [1.54, 1.807) is 0 Å². The highest BCUT2D eigenvalue weighted by molar-refractivity contribution is 5.48. The summed E-state index contributed by atoms with van der Waals surface area (Å²) in [5.41, 5.74) is 3.44. The molecule has 0 bridgehead atoms. The van der Waals surface area contributed by atoms with Crippen molar-refractivity contribution in [3.05, 3.63) is 120 Å². The van der Waals surface area contributed by atoms with Gasteiger partial charge in [-0.1, -0.05) is 66.7 Å². The van der Waals surface area contributed by atoms with E-state index in [2.05, 4.69) is 35.6 Å². The molecule has 4 nitrogen and oxygen atoms in total. The molecule has 0 radical (unpaired) electrons. The molecule has 0 unspecified atom stereocenters. The SMILES string of the molecule is c1ccc(CCOc2ccccc2CNc2ccc(OCCOc3ccccc3)cc2)cc1. The number of para-hydroxylation sites is 2. The minimum Gasteiger partial charge on any atom is -0.493 e. The second-order valence-electron chi connectivity index (χ2n) is 7.58. The quantitative estimate of drug-likeness (QED) is 0.260. The van der Waals surface area contributed by atoms with Crippen LogP contribution in [0.5, 0.6) is 17.2 Å². The molecule has 4 aromatic rings. The fourth-order valence-corrected chi connectivity index (χ4v) is 3.42. The monoisotopic (exact) mass is 439 g/mol. The van der Waals surface area contributed by atoms with E-state index in [0.717, 1.165) is 34.9 Å². The van der Waals surface area contributed by atoms with Crippen molar-refractivity contribution in [3.8, 4) is 17.2 Å². The summed E-state index contributed by atoms with van der Waals surface area (Å²) < 4.78 is 17.5. The lowest BCUT2D eigenvalue weighted by Gasteiger charge is -2.13. The zero-order valence-electron chi connectivity index (χ0n) is 18.7. The van der Waals surface area contributed by atoms with E-state index >= 15 is 0 Å². The first-order valence-electron chi connectivity index (χ1n) is 11.3. The van der Waals surface area contributed by atoms with Crippen LogP contribution in [0, 0.1) is 0 Å². The Morgan fingerprint density at radius 3 is 1.85 bits per heavy atom. The molecule has 0 fully saturated rings. The number of ether oxygens (including phenoxy) is 3. The van der Waals surface area contributed by atoms with Crippen molar-refractivity contribution >= 4 is 5.69 Å². The Hall–Kier alpha value is -3.92. The zero-order chi connectivity index (χ0) is 22.6. The molecule has 0 aliphatic carbocycles. The van der Waals surface area contributed by atoms with Gasteiger partial charge in [-0.2, -0.15) is 0 Å². The lowest BCUT2D eigenvalue weighted by atomic mass is 10.1. The number of anilines is 1. The molecule has 0 atom stereocenters. The minimum atomic E-state index is 0.495. The average Bonchev–Trinajstić information content (AvgIpc) is 2.88. The van der Waals surface area contributed by atoms with Gasteiger partial charge in [-0.3, -0.25) is 0 Å². The summed E-state index contributed by atoms with van der Waals surface area (Å²) in [5, 5.41) is 3.47. The van der Waals surface area contributed by atoms with Crippen LogP contribution in [0.1, 0.15) is 11.1 Å². The zero-order valence-corrected chi connectivity index (χ0v) is 18.7. The molecule has 0 aromatic heterocycles. The first-order chi connectivity index (χ1) is 16.4. The summed E-state index contributed by atoms with van der Waals surface area (Å²) in [6.45, 7) is 2.34. The normalized spacial score (nSPS) is 10.4. The van der Waals surface area contributed by atoms with Crippen LogP contribution in [0.3, 0.4) is 0 Å². The van der Waals surface area contributed by atoms with E-state index in [0.29, 0.717) is 26.4 Å². The molecule has 0 saturated heterocycles. The van der Waals surface area contributed by atoms with Crippen LogP contribution < -0.4 is 19.5 Å². The Labute approximate surface area is 195 Å². The van der Waals surface area contributed by atoms with Gasteiger partial charge in [0.05, 0.1) is 6.61 Å². The highest BCUT2D eigenvalue weighted by Crippen LogP contribution is 2.21. The van der Waals surface area contributed by atoms with Gasteiger partial charge in [0.1, 0.15) is 30.5 Å². The molecule has 4 heteroatoms. The van der Waals surface area contributed by atoms with Crippen LogP contribution in [0.25, 0.3) is 0 Å². The largest absolute Gasteiger partial charge is 0.493 e. The van der Waals surface area contributed by atoms with Crippen molar-refractivity contribution in [1.29, 1.82) is 0 Å². The van der Waals surface area contributed by atoms with Crippen molar-refractivity contribution in [1.82, 2.24) is 0 Å². The van der Waals surface area contributed by atoms with E-state index in [-0.39, 0.29) is 0 Å². The highest BCUT2D eigenvalue weighted by Gasteiger charge is 2.04. The Balaban J connectivity index is 1.21. The van der Waals surface area contributed by atoms with Crippen LogP contribution in [-0.4, -0.2) is 19.8 Å². The number of nitrogens with one attached hydrogen (secondary N) is 1. The molecular weight excluding hydrogens is 410 g/mol. The topological polar surface area (TPSA) is 39.7 Å². The van der Waals surface area contributed by atoms with Gasteiger partial charge in [-0.15, -0.1) is 0 Å². The van der Waals surface area contributed by atoms with Gasteiger partial charge in [0.15, 0.2) is 0 Å². The van der Waals surface area contributed by atoms with Crippen molar-refractivity contribution in [3.63, 3.8) is 0 Å². The summed E-state index contributed by atoms with van der Waals surface area (Å²) in [6.07, 6.45) is 0.889. The summed E-state index contributed by atoms with van der Waals surface area (Å²) >= 11 is 0. The fourth-order valence-electron chi connectivity index (χ4n) is 3.42. The predicted octanol–water partition coefficient (Wildman–Crippen LogP) is 6.38. The third kappa shape index (κ3) is 7.32. The lowest BCUT2D eigenvalue weighted by molar-refractivity contribution is 0.217. The third-order valence-electron chi connectivity index (χ3n) is 5.17. The van der Waals surface area contributed by atoms with Gasteiger partial charge in [0, 0.05) is 24.2 Å². The first-order valence-corrected chi connectivity index (χ1v) is 11.3. The molecule has 4 rings (SSSR count). The second kappa shape index (κ2) is 12.2. The van der Waals surface area contributed by atoms with Crippen LogP contribution in [0.2, 0.25) is 0 Å². The van der Waals surface area contributed by atoms with Crippen LogP contribution >= 0.6 is 0 Å². The molecule has 0 amide bonds. The van der Waals surface area contributed by atoms with Crippen LogP contribution in [0.4, 0.5) is 5.69 Å². The molecule has 0 saturated carbocycles. The number of rotatable bonds is 12. The molecule has 4 aromatic carbocycles. The average molecular weight is 440 g/mol. The molecule has 0 spiro atoms. The summed E-state index contributed by atoms with van der Waals surface area (Å²) in [4.78, 5) is 0. The number of hydrogen-bond acceptors (Lipinski definition) is 4. The summed E-state index contributed by atoms with van der Waals surface area (Å²) in [6, 6.07) is 36.3. The molecule has 0 aliphatic heterocycles. The van der Waals surface area contributed by atoms with Crippen molar-refractivity contribution in [2.24, 2.45) is 0 Å². The molecule has 1 N–H and O–H groups in total. The second-order valence-corrected chi connectivity index (χ2v) is 7.58. The molecular formula is C29H29NO3. The smallest absolute Gasteiger partial charge is 0.124 e. The van der Waals surface area contributed by atoms with Gasteiger partial charge >= 0.3 is 0 Å². The van der Waals surface area contributed by atoms with Crippen LogP contribution in [-0.2, 0) is 13.0 Å². The number of benzene rings is 4. The lowest BCUT2D eigenvalue weighted by Crippen LogP contribution is -2.09. The van der Waals surface area contributed by atoms with Gasteiger partial charge in [-0.05, 0) is 48.0 Å². The van der Waals surface area contributed by atoms with Gasteiger partial charge < -0.3 is 19.5 Å². The first kappa shape index (κ1) is 22.3. The maximum atomic E-state index is 6.06. The molecule has 168 valence electrons. The molecule has 0 heterocycles.